The molecule has 114 valence electrons. The first-order valence-electron chi connectivity index (χ1n) is 7.28. The van der Waals surface area contributed by atoms with Crippen molar-refractivity contribution in [2.24, 2.45) is 5.92 Å². The van der Waals surface area contributed by atoms with E-state index in [4.69, 9.17) is 11.6 Å². The molecule has 5 heteroatoms. The van der Waals surface area contributed by atoms with E-state index in [2.05, 4.69) is 5.32 Å². The van der Waals surface area contributed by atoms with Crippen LogP contribution in [0.2, 0.25) is 5.02 Å². The van der Waals surface area contributed by atoms with Crippen molar-refractivity contribution in [2.45, 2.75) is 26.3 Å². The third-order valence-electron chi connectivity index (χ3n) is 3.45. The molecule has 0 aliphatic carbocycles. The van der Waals surface area contributed by atoms with Crippen LogP contribution < -0.4 is 5.32 Å². The lowest BCUT2D eigenvalue weighted by molar-refractivity contribution is -0.124. The molecule has 1 heterocycles. The lowest BCUT2D eigenvalue weighted by Crippen LogP contribution is -2.42. The van der Waals surface area contributed by atoms with E-state index in [0.717, 1.165) is 13.1 Å². The Morgan fingerprint density at radius 3 is 2.38 bits per heavy atom. The summed E-state index contributed by atoms with van der Waals surface area (Å²) in [6.07, 6.45) is 0.214. The second kappa shape index (κ2) is 7.05. The van der Waals surface area contributed by atoms with Crippen LogP contribution in [0.5, 0.6) is 0 Å². The fourth-order valence-corrected chi connectivity index (χ4v) is 2.23. The number of hydrogen-bond donors (Lipinski definition) is 1. The fraction of sp³-hybridized carbons (Fsp3) is 0.500. The quantitative estimate of drug-likeness (QED) is 0.621. The lowest BCUT2D eigenvalue weighted by Gasteiger charge is -2.18. The van der Waals surface area contributed by atoms with Crippen molar-refractivity contribution in [1.29, 1.82) is 0 Å². The zero-order valence-corrected chi connectivity index (χ0v) is 13.2. The molecule has 1 fully saturated rings. The number of Topliss-reactive ketones (excluding diaryl/α,β-unsaturated/α-hetero) is 1. The topological polar surface area (TPSA) is 49.2 Å². The standard InChI is InChI=1S/C16H21ClN2O2/c1-11(2)10-18-16(21)14(19-7-8-19)9-15(20)12-3-5-13(17)6-4-12/h3-6,11,14H,7-10H2,1-2H3,(H,18,21). The Kier molecular flexibility index (Phi) is 5.37. The average Bonchev–Trinajstić information content (AvgIpc) is 3.27. The van der Waals surface area contributed by atoms with E-state index in [1.54, 1.807) is 24.3 Å². The Morgan fingerprint density at radius 2 is 1.86 bits per heavy atom. The predicted octanol–water partition coefficient (Wildman–Crippen LogP) is 2.37. The minimum atomic E-state index is -0.355. The Balaban J connectivity index is 1.97. The van der Waals surface area contributed by atoms with Crippen LogP contribution in [-0.4, -0.2) is 42.3 Å². The number of amides is 1. The molecule has 1 aromatic carbocycles. The van der Waals surface area contributed by atoms with Crippen LogP contribution in [0.25, 0.3) is 0 Å². The van der Waals surface area contributed by atoms with Crippen molar-refractivity contribution in [2.75, 3.05) is 19.6 Å². The molecular weight excluding hydrogens is 288 g/mol. The summed E-state index contributed by atoms with van der Waals surface area (Å²) < 4.78 is 0. The highest BCUT2D eigenvalue weighted by atomic mass is 35.5. The summed E-state index contributed by atoms with van der Waals surface area (Å²) in [7, 11) is 0. The number of nitrogens with zero attached hydrogens (tertiary/aromatic N) is 1. The normalized spacial score (nSPS) is 15.8. The molecule has 1 aliphatic heterocycles. The Bertz CT molecular complexity index is 510. The van der Waals surface area contributed by atoms with E-state index in [9.17, 15) is 9.59 Å². The summed E-state index contributed by atoms with van der Waals surface area (Å²) >= 11 is 5.82. The predicted molar refractivity (Wildman–Crippen MR) is 83.6 cm³/mol. The molecule has 1 aliphatic rings. The van der Waals surface area contributed by atoms with Gasteiger partial charge in [-0.25, -0.2) is 0 Å². The summed E-state index contributed by atoms with van der Waals surface area (Å²) in [6.45, 7) is 6.50. The molecule has 0 radical (unpaired) electrons. The van der Waals surface area contributed by atoms with Crippen LogP contribution in [0.4, 0.5) is 0 Å². The van der Waals surface area contributed by atoms with Crippen LogP contribution in [0.15, 0.2) is 24.3 Å². The van der Waals surface area contributed by atoms with Gasteiger partial charge in [0.15, 0.2) is 5.78 Å². The van der Waals surface area contributed by atoms with Gasteiger partial charge >= 0.3 is 0 Å². The molecule has 1 N–H and O–H groups in total. The Hall–Kier alpha value is -1.39. The SMILES string of the molecule is CC(C)CNC(=O)C(CC(=O)c1ccc(Cl)cc1)N1CC1. The van der Waals surface area contributed by atoms with Crippen LogP contribution in [0, 0.1) is 5.92 Å². The molecule has 0 aromatic heterocycles. The van der Waals surface area contributed by atoms with Crippen molar-refractivity contribution < 1.29 is 9.59 Å². The zero-order chi connectivity index (χ0) is 15.4. The summed E-state index contributed by atoms with van der Waals surface area (Å²) in [5, 5.41) is 3.52. The van der Waals surface area contributed by atoms with Gasteiger partial charge in [-0.05, 0) is 30.2 Å². The smallest absolute Gasteiger partial charge is 0.237 e. The molecule has 0 spiro atoms. The van der Waals surface area contributed by atoms with E-state index in [1.165, 1.54) is 0 Å². The van der Waals surface area contributed by atoms with Crippen LogP contribution in [0.1, 0.15) is 30.6 Å². The molecule has 0 bridgehead atoms. The van der Waals surface area contributed by atoms with Crippen LogP contribution in [-0.2, 0) is 4.79 Å². The number of ketones is 1. The van der Waals surface area contributed by atoms with Gasteiger partial charge in [-0.15, -0.1) is 0 Å². The molecular formula is C16H21ClN2O2. The van der Waals surface area contributed by atoms with Crippen LogP contribution in [0.3, 0.4) is 0 Å². The Labute approximate surface area is 130 Å². The average molecular weight is 309 g/mol. The van der Waals surface area contributed by atoms with E-state index < -0.39 is 0 Å². The fourth-order valence-electron chi connectivity index (χ4n) is 2.11. The highest BCUT2D eigenvalue weighted by Gasteiger charge is 2.34. The lowest BCUT2D eigenvalue weighted by atomic mass is 10.0. The Morgan fingerprint density at radius 1 is 1.24 bits per heavy atom. The van der Waals surface area contributed by atoms with Crippen molar-refractivity contribution >= 4 is 23.3 Å². The summed E-state index contributed by atoms with van der Waals surface area (Å²) in [6, 6.07) is 6.44. The van der Waals surface area contributed by atoms with E-state index >= 15 is 0 Å². The van der Waals surface area contributed by atoms with Gasteiger partial charge in [0.05, 0.1) is 6.04 Å². The second-order valence-corrected chi connectivity index (χ2v) is 6.26. The minimum Gasteiger partial charge on any atom is -0.354 e. The van der Waals surface area contributed by atoms with Gasteiger partial charge in [0.2, 0.25) is 5.91 Å². The van der Waals surface area contributed by atoms with Crippen molar-refractivity contribution in [3.63, 3.8) is 0 Å². The van der Waals surface area contributed by atoms with Gasteiger partial charge in [0.1, 0.15) is 0 Å². The summed E-state index contributed by atoms with van der Waals surface area (Å²) in [5.74, 6) is 0.322. The largest absolute Gasteiger partial charge is 0.354 e. The van der Waals surface area contributed by atoms with Crippen LogP contribution >= 0.6 is 11.6 Å². The number of hydrogen-bond acceptors (Lipinski definition) is 3. The molecule has 1 atom stereocenters. The number of halogens is 1. The van der Waals surface area contributed by atoms with Crippen molar-refractivity contribution in [3.05, 3.63) is 34.9 Å². The molecule has 21 heavy (non-hydrogen) atoms. The van der Waals surface area contributed by atoms with E-state index in [1.807, 2.05) is 18.7 Å². The molecule has 4 nitrogen and oxygen atoms in total. The number of nitrogens with one attached hydrogen (secondary N) is 1. The van der Waals surface area contributed by atoms with Crippen molar-refractivity contribution in [3.8, 4) is 0 Å². The second-order valence-electron chi connectivity index (χ2n) is 5.82. The molecule has 1 amide bonds. The van der Waals surface area contributed by atoms with E-state index in [0.29, 0.717) is 23.0 Å². The molecule has 1 unspecified atom stereocenters. The van der Waals surface area contributed by atoms with Gasteiger partial charge < -0.3 is 5.32 Å². The van der Waals surface area contributed by atoms with E-state index in [-0.39, 0.29) is 24.2 Å². The molecule has 2 rings (SSSR count). The van der Waals surface area contributed by atoms with Gasteiger partial charge in [0, 0.05) is 36.6 Å². The van der Waals surface area contributed by atoms with Gasteiger partial charge in [-0.2, -0.15) is 0 Å². The third-order valence-corrected chi connectivity index (χ3v) is 3.71. The monoisotopic (exact) mass is 308 g/mol. The number of rotatable bonds is 7. The molecule has 1 aromatic rings. The van der Waals surface area contributed by atoms with Gasteiger partial charge in [0.25, 0.3) is 0 Å². The highest BCUT2D eigenvalue weighted by molar-refractivity contribution is 6.30. The van der Waals surface area contributed by atoms with Crippen molar-refractivity contribution in [1.82, 2.24) is 10.2 Å². The minimum absolute atomic E-state index is 0.0248. The number of benzene rings is 1. The third kappa shape index (κ3) is 4.83. The zero-order valence-electron chi connectivity index (χ0n) is 12.4. The number of carbonyl (C=O) groups excluding carboxylic acids is 2. The van der Waals surface area contributed by atoms with Gasteiger partial charge in [-0.1, -0.05) is 25.4 Å². The molecule has 0 saturated carbocycles. The van der Waals surface area contributed by atoms with Gasteiger partial charge in [-0.3, -0.25) is 14.5 Å². The first-order valence-corrected chi connectivity index (χ1v) is 7.65. The maximum Gasteiger partial charge on any atom is 0.237 e. The molecule has 1 saturated heterocycles. The highest BCUT2D eigenvalue weighted by Crippen LogP contribution is 2.18. The first kappa shape index (κ1) is 16.0. The maximum absolute atomic E-state index is 12.3. The summed E-state index contributed by atoms with van der Waals surface area (Å²) in [4.78, 5) is 26.5. The summed E-state index contributed by atoms with van der Waals surface area (Å²) in [5.41, 5.74) is 0.600. The number of carbonyl (C=O) groups is 2. The maximum atomic E-state index is 12.3. The first-order chi connectivity index (χ1) is 9.97.